The van der Waals surface area contributed by atoms with Crippen molar-refractivity contribution in [3.63, 3.8) is 0 Å². The molecular formula is C13H14BNO2. The van der Waals surface area contributed by atoms with E-state index in [4.69, 9.17) is 10.0 Å². The molecule has 0 atom stereocenters. The number of aromatic nitrogens is 1. The standard InChI is InChI=1S/C13H11N.BH3O2/c1-14-12-8-4-2-6-10(12)11-7-3-5-9-13(11)14;2-1-3/h2-9H,1H3;1-3H. The first-order valence-electron chi connectivity index (χ1n) is 5.43. The minimum Gasteiger partial charge on any atom is -0.430 e. The van der Waals surface area contributed by atoms with Crippen molar-refractivity contribution < 1.29 is 10.0 Å². The highest BCUT2D eigenvalue weighted by Gasteiger charge is 2.04. The Balaban J connectivity index is 0.000000329. The Kier molecular flexibility index (Phi) is 3.47. The van der Waals surface area contributed by atoms with Crippen molar-refractivity contribution in [1.82, 2.24) is 4.57 Å². The van der Waals surface area contributed by atoms with Crippen LogP contribution in [0.15, 0.2) is 48.5 Å². The first kappa shape index (κ1) is 11.7. The summed E-state index contributed by atoms with van der Waals surface area (Å²) in [4.78, 5) is 0. The highest BCUT2D eigenvalue weighted by Crippen LogP contribution is 2.26. The summed E-state index contributed by atoms with van der Waals surface area (Å²) < 4.78 is 2.24. The Morgan fingerprint density at radius 2 is 1.18 bits per heavy atom. The zero-order chi connectivity index (χ0) is 12.3. The van der Waals surface area contributed by atoms with Gasteiger partial charge in [-0.1, -0.05) is 36.4 Å². The van der Waals surface area contributed by atoms with E-state index in [0.717, 1.165) is 0 Å². The van der Waals surface area contributed by atoms with Gasteiger partial charge in [0.1, 0.15) is 0 Å². The topological polar surface area (TPSA) is 45.4 Å². The second kappa shape index (κ2) is 5.04. The smallest absolute Gasteiger partial charge is 0.430 e. The Hall–Kier alpha value is -1.78. The summed E-state index contributed by atoms with van der Waals surface area (Å²) in [6.45, 7) is 0. The van der Waals surface area contributed by atoms with Gasteiger partial charge in [-0.05, 0) is 12.1 Å². The van der Waals surface area contributed by atoms with E-state index < -0.39 is 7.69 Å². The third-order valence-corrected chi connectivity index (χ3v) is 2.82. The third kappa shape index (κ3) is 2.05. The summed E-state index contributed by atoms with van der Waals surface area (Å²) in [6.07, 6.45) is 0. The highest BCUT2D eigenvalue weighted by atomic mass is 16.4. The van der Waals surface area contributed by atoms with Crippen molar-refractivity contribution >= 4 is 29.5 Å². The second-order valence-corrected chi connectivity index (χ2v) is 3.73. The maximum Gasteiger partial charge on any atom is 0.432 e. The van der Waals surface area contributed by atoms with Crippen LogP contribution >= 0.6 is 0 Å². The van der Waals surface area contributed by atoms with E-state index in [9.17, 15) is 0 Å². The van der Waals surface area contributed by atoms with E-state index in [1.54, 1.807) is 0 Å². The molecule has 0 saturated carbocycles. The zero-order valence-corrected chi connectivity index (χ0v) is 9.67. The average Bonchev–Trinajstić information content (AvgIpc) is 2.66. The van der Waals surface area contributed by atoms with Crippen molar-refractivity contribution in [3.05, 3.63) is 48.5 Å². The lowest BCUT2D eigenvalue weighted by molar-refractivity contribution is 0.448. The third-order valence-electron chi connectivity index (χ3n) is 2.82. The van der Waals surface area contributed by atoms with E-state index in [0.29, 0.717) is 0 Å². The Morgan fingerprint density at radius 1 is 0.824 bits per heavy atom. The number of hydrogen-bond acceptors (Lipinski definition) is 2. The van der Waals surface area contributed by atoms with Crippen molar-refractivity contribution in [2.75, 3.05) is 0 Å². The molecule has 0 aliphatic heterocycles. The second-order valence-electron chi connectivity index (χ2n) is 3.73. The van der Waals surface area contributed by atoms with Crippen molar-refractivity contribution in [3.8, 4) is 0 Å². The molecule has 1 aromatic heterocycles. The van der Waals surface area contributed by atoms with Gasteiger partial charge in [0.05, 0.1) is 0 Å². The van der Waals surface area contributed by atoms with E-state index in [-0.39, 0.29) is 0 Å². The van der Waals surface area contributed by atoms with Crippen LogP contribution in [-0.2, 0) is 7.05 Å². The van der Waals surface area contributed by atoms with Crippen LogP contribution in [0.2, 0.25) is 0 Å². The summed E-state index contributed by atoms with van der Waals surface area (Å²) in [6, 6.07) is 17.0. The summed E-state index contributed by atoms with van der Waals surface area (Å²) in [7, 11) is 1.37. The molecule has 3 nitrogen and oxygen atoms in total. The number of para-hydroxylation sites is 2. The molecule has 0 spiro atoms. The van der Waals surface area contributed by atoms with Gasteiger partial charge in [0.2, 0.25) is 0 Å². The number of fused-ring (bicyclic) bond motifs is 3. The van der Waals surface area contributed by atoms with Gasteiger partial charge < -0.3 is 14.6 Å². The first-order chi connectivity index (χ1) is 8.29. The average molecular weight is 227 g/mol. The highest BCUT2D eigenvalue weighted by molar-refractivity contribution is 6.13. The quantitative estimate of drug-likeness (QED) is 0.572. The summed E-state index contributed by atoms with van der Waals surface area (Å²) in [5.74, 6) is 0. The van der Waals surface area contributed by atoms with Crippen molar-refractivity contribution in [2.45, 2.75) is 0 Å². The van der Waals surface area contributed by atoms with Crippen LogP contribution in [0.3, 0.4) is 0 Å². The number of hydrogen-bond donors (Lipinski definition) is 2. The maximum atomic E-state index is 7.12. The molecule has 0 radical (unpaired) electrons. The fourth-order valence-corrected chi connectivity index (χ4v) is 2.12. The number of rotatable bonds is 0. The van der Waals surface area contributed by atoms with Gasteiger partial charge >= 0.3 is 7.69 Å². The van der Waals surface area contributed by atoms with Crippen molar-refractivity contribution in [2.24, 2.45) is 7.05 Å². The van der Waals surface area contributed by atoms with E-state index in [1.807, 2.05) is 0 Å². The number of nitrogens with zero attached hydrogens (tertiary/aromatic N) is 1. The zero-order valence-electron chi connectivity index (χ0n) is 9.67. The summed E-state index contributed by atoms with van der Waals surface area (Å²) in [5.41, 5.74) is 2.60. The van der Waals surface area contributed by atoms with E-state index in [2.05, 4.69) is 60.1 Å². The van der Waals surface area contributed by atoms with Crippen LogP contribution in [0, 0.1) is 0 Å². The van der Waals surface area contributed by atoms with Crippen LogP contribution in [0.5, 0.6) is 0 Å². The molecule has 2 N–H and O–H groups in total. The monoisotopic (exact) mass is 227 g/mol. The van der Waals surface area contributed by atoms with Gasteiger partial charge in [-0.25, -0.2) is 0 Å². The van der Waals surface area contributed by atoms with Gasteiger partial charge in [0.25, 0.3) is 0 Å². The van der Waals surface area contributed by atoms with Gasteiger partial charge in [-0.15, -0.1) is 0 Å². The van der Waals surface area contributed by atoms with Gasteiger partial charge in [-0.2, -0.15) is 0 Å². The van der Waals surface area contributed by atoms with Crippen LogP contribution in [0.25, 0.3) is 21.8 Å². The lowest BCUT2D eigenvalue weighted by Crippen LogP contribution is -1.84. The fraction of sp³-hybridized carbons (Fsp3) is 0.0769. The molecule has 0 aliphatic rings. The molecule has 17 heavy (non-hydrogen) atoms. The lowest BCUT2D eigenvalue weighted by Gasteiger charge is -1.95. The minimum atomic E-state index is -0.750. The first-order valence-corrected chi connectivity index (χ1v) is 5.43. The van der Waals surface area contributed by atoms with Crippen LogP contribution in [0.4, 0.5) is 0 Å². The normalized spacial score (nSPS) is 10.1. The molecule has 0 bridgehead atoms. The van der Waals surface area contributed by atoms with Gasteiger partial charge in [0.15, 0.2) is 0 Å². The molecule has 3 aromatic rings. The SMILES string of the molecule is Cn1c2ccccc2c2ccccc21.OBO. The molecule has 0 saturated heterocycles. The van der Waals surface area contributed by atoms with E-state index in [1.165, 1.54) is 21.8 Å². The Labute approximate surface area is 100 Å². The van der Waals surface area contributed by atoms with E-state index >= 15 is 0 Å². The lowest BCUT2D eigenvalue weighted by atomic mass is 10.2. The molecule has 4 heteroatoms. The molecule has 2 aromatic carbocycles. The van der Waals surface area contributed by atoms with Crippen LogP contribution in [0.1, 0.15) is 0 Å². The molecular weight excluding hydrogens is 213 g/mol. The fourth-order valence-electron chi connectivity index (χ4n) is 2.12. The van der Waals surface area contributed by atoms with Crippen molar-refractivity contribution in [1.29, 1.82) is 0 Å². The van der Waals surface area contributed by atoms with Gasteiger partial charge in [-0.3, -0.25) is 0 Å². The molecule has 3 rings (SSSR count). The predicted molar refractivity (Wildman–Crippen MR) is 72.0 cm³/mol. The predicted octanol–water partition coefficient (Wildman–Crippen LogP) is 1.57. The number of aryl methyl sites for hydroxylation is 1. The van der Waals surface area contributed by atoms with Crippen LogP contribution in [-0.4, -0.2) is 22.3 Å². The Morgan fingerprint density at radius 3 is 1.59 bits per heavy atom. The molecule has 0 amide bonds. The Bertz CT molecular complexity index is 580. The molecule has 0 unspecified atom stereocenters. The number of benzene rings is 2. The summed E-state index contributed by atoms with van der Waals surface area (Å²) >= 11 is 0. The van der Waals surface area contributed by atoms with Crippen LogP contribution < -0.4 is 0 Å². The molecule has 0 aliphatic carbocycles. The minimum absolute atomic E-state index is 0.750. The maximum absolute atomic E-state index is 7.12. The summed E-state index contributed by atoms with van der Waals surface area (Å²) in [5, 5.41) is 16.9. The molecule has 86 valence electrons. The van der Waals surface area contributed by atoms with Gasteiger partial charge in [0, 0.05) is 28.9 Å². The molecule has 1 heterocycles. The largest absolute Gasteiger partial charge is 0.432 e. The molecule has 0 fully saturated rings.